The zero-order valence-electron chi connectivity index (χ0n) is 16.5. The van der Waals surface area contributed by atoms with Gasteiger partial charge in [0.1, 0.15) is 5.60 Å². The number of aliphatic carboxylic acids is 1. The molecule has 0 fully saturated rings. The van der Waals surface area contributed by atoms with Crippen LogP contribution in [-0.2, 0) is 25.5 Å². The Kier molecular flexibility index (Phi) is 10.0. The van der Waals surface area contributed by atoms with Crippen molar-refractivity contribution < 1.29 is 29.3 Å². The second-order valence-electron chi connectivity index (χ2n) is 6.98. The van der Waals surface area contributed by atoms with Crippen molar-refractivity contribution in [1.29, 1.82) is 0 Å². The molecule has 0 heterocycles. The summed E-state index contributed by atoms with van der Waals surface area (Å²) in [5.74, 6) is -1.22. The fourth-order valence-corrected chi connectivity index (χ4v) is 2.95. The highest BCUT2D eigenvalue weighted by Crippen LogP contribution is 2.29. The molecule has 3 unspecified atom stereocenters. The third kappa shape index (κ3) is 8.54. The van der Waals surface area contributed by atoms with Gasteiger partial charge in [0.15, 0.2) is 0 Å². The summed E-state index contributed by atoms with van der Waals surface area (Å²) in [5.41, 5.74) is 0.186. The largest absolute Gasteiger partial charge is 0.481 e. The van der Waals surface area contributed by atoms with Crippen LogP contribution in [0.25, 0.3) is 0 Å². The molecule has 6 nitrogen and oxygen atoms in total. The molecule has 0 bridgehead atoms. The number of esters is 1. The molecule has 0 aliphatic heterocycles. The minimum absolute atomic E-state index is 0.0458. The number of carboxylic acid groups (broad SMARTS) is 1. The Hall–Kier alpha value is -1.92. The summed E-state index contributed by atoms with van der Waals surface area (Å²) >= 11 is 0. The predicted octanol–water partition coefficient (Wildman–Crippen LogP) is 3.35. The number of carboxylic acids is 1. The second kappa shape index (κ2) is 11.7. The van der Waals surface area contributed by atoms with Crippen molar-refractivity contribution in [2.45, 2.75) is 77.1 Å². The fourth-order valence-electron chi connectivity index (χ4n) is 2.95. The van der Waals surface area contributed by atoms with Crippen LogP contribution in [0.5, 0.6) is 0 Å². The molecule has 0 saturated carbocycles. The molecule has 1 rings (SSSR count). The SMILES string of the molecule is CCC(Cc1ccccc1)(OC(=O)CCCCC(=O)O)C(C)OCC(C)O. The van der Waals surface area contributed by atoms with Crippen LogP contribution in [0.3, 0.4) is 0 Å². The monoisotopic (exact) mass is 380 g/mol. The number of unbranched alkanes of at least 4 members (excludes halogenated alkanes) is 1. The lowest BCUT2D eigenvalue weighted by atomic mass is 9.86. The number of rotatable bonds is 13. The topological polar surface area (TPSA) is 93.1 Å². The molecule has 27 heavy (non-hydrogen) atoms. The third-order valence-electron chi connectivity index (χ3n) is 4.61. The number of hydrogen-bond donors (Lipinski definition) is 2. The minimum atomic E-state index is -0.865. The predicted molar refractivity (Wildman–Crippen MR) is 102 cm³/mol. The number of carbonyl (C=O) groups is 2. The summed E-state index contributed by atoms with van der Waals surface area (Å²) < 4.78 is 11.7. The molecule has 152 valence electrons. The van der Waals surface area contributed by atoms with Gasteiger partial charge in [-0.2, -0.15) is 0 Å². The molecule has 0 radical (unpaired) electrons. The van der Waals surface area contributed by atoms with Crippen molar-refractivity contribution in [3.63, 3.8) is 0 Å². The minimum Gasteiger partial charge on any atom is -0.481 e. The molecule has 6 heteroatoms. The molecule has 0 aliphatic rings. The maximum atomic E-state index is 12.4. The molecule has 3 atom stereocenters. The van der Waals surface area contributed by atoms with Crippen LogP contribution < -0.4 is 0 Å². The molecule has 1 aromatic rings. The van der Waals surface area contributed by atoms with E-state index in [9.17, 15) is 14.7 Å². The van der Waals surface area contributed by atoms with Crippen molar-refractivity contribution in [3.05, 3.63) is 35.9 Å². The molecule has 1 aromatic carbocycles. The summed E-state index contributed by atoms with van der Waals surface area (Å²) in [7, 11) is 0. The van der Waals surface area contributed by atoms with Crippen LogP contribution in [-0.4, -0.2) is 46.6 Å². The molecule has 0 aromatic heterocycles. The van der Waals surface area contributed by atoms with E-state index in [4.69, 9.17) is 14.6 Å². The Morgan fingerprint density at radius 3 is 2.30 bits per heavy atom. The van der Waals surface area contributed by atoms with E-state index in [-0.39, 0.29) is 25.4 Å². The lowest BCUT2D eigenvalue weighted by Gasteiger charge is -2.38. The van der Waals surface area contributed by atoms with Crippen molar-refractivity contribution in [3.8, 4) is 0 Å². The van der Waals surface area contributed by atoms with E-state index in [1.54, 1.807) is 6.92 Å². The lowest BCUT2D eigenvalue weighted by molar-refractivity contribution is -0.181. The average Bonchev–Trinajstić information content (AvgIpc) is 2.63. The Morgan fingerprint density at radius 2 is 1.74 bits per heavy atom. The number of aliphatic hydroxyl groups is 1. The third-order valence-corrected chi connectivity index (χ3v) is 4.61. The Balaban J connectivity index is 2.84. The zero-order valence-corrected chi connectivity index (χ0v) is 16.5. The van der Waals surface area contributed by atoms with Gasteiger partial charge in [-0.25, -0.2) is 0 Å². The first-order chi connectivity index (χ1) is 12.8. The lowest BCUT2D eigenvalue weighted by Crippen LogP contribution is -2.48. The van der Waals surface area contributed by atoms with Gasteiger partial charge in [-0.15, -0.1) is 0 Å². The molecular formula is C21H32O6. The van der Waals surface area contributed by atoms with Crippen LogP contribution in [0.4, 0.5) is 0 Å². The van der Waals surface area contributed by atoms with Crippen molar-refractivity contribution in [2.24, 2.45) is 0 Å². The quantitative estimate of drug-likeness (QED) is 0.403. The van der Waals surface area contributed by atoms with Gasteiger partial charge in [-0.3, -0.25) is 9.59 Å². The van der Waals surface area contributed by atoms with Gasteiger partial charge in [-0.1, -0.05) is 37.3 Å². The molecule has 0 aliphatic carbocycles. The number of carbonyl (C=O) groups excluding carboxylic acids is 1. The van der Waals surface area contributed by atoms with Crippen molar-refractivity contribution in [2.75, 3.05) is 6.61 Å². The highest BCUT2D eigenvalue weighted by Gasteiger charge is 2.39. The highest BCUT2D eigenvalue weighted by molar-refractivity contribution is 5.70. The highest BCUT2D eigenvalue weighted by atomic mass is 16.6. The molecule has 2 N–H and O–H groups in total. The van der Waals surface area contributed by atoms with Crippen LogP contribution in [0.15, 0.2) is 30.3 Å². The first-order valence-corrected chi connectivity index (χ1v) is 9.56. The number of aliphatic hydroxyl groups excluding tert-OH is 1. The van der Waals surface area contributed by atoms with Gasteiger partial charge < -0.3 is 19.7 Å². The van der Waals surface area contributed by atoms with Crippen LogP contribution in [0.2, 0.25) is 0 Å². The fraction of sp³-hybridized carbons (Fsp3) is 0.619. The Bertz CT molecular complexity index is 571. The van der Waals surface area contributed by atoms with Gasteiger partial charge in [-0.05, 0) is 38.7 Å². The maximum Gasteiger partial charge on any atom is 0.306 e. The standard InChI is InChI=1S/C21H32O6/c1-4-21(17(3)26-15-16(2)22,14-18-10-6-5-7-11-18)27-20(25)13-9-8-12-19(23)24/h5-7,10-11,16-17,22H,4,8-9,12-15H2,1-3H3,(H,23,24). The summed E-state index contributed by atoms with van der Waals surface area (Å²) in [4.78, 5) is 23.0. The van der Waals surface area contributed by atoms with Crippen molar-refractivity contribution in [1.82, 2.24) is 0 Å². The normalized spacial score (nSPS) is 15.6. The van der Waals surface area contributed by atoms with E-state index in [0.29, 0.717) is 25.7 Å². The van der Waals surface area contributed by atoms with Gasteiger partial charge >= 0.3 is 11.9 Å². The first-order valence-electron chi connectivity index (χ1n) is 9.56. The summed E-state index contributed by atoms with van der Waals surface area (Å²) in [5, 5.41) is 18.2. The van der Waals surface area contributed by atoms with Crippen LogP contribution in [0.1, 0.15) is 58.4 Å². The van der Waals surface area contributed by atoms with E-state index in [1.165, 1.54) is 0 Å². The summed E-state index contributed by atoms with van der Waals surface area (Å²) in [6.45, 7) is 5.61. The maximum absolute atomic E-state index is 12.4. The van der Waals surface area contributed by atoms with E-state index in [2.05, 4.69) is 0 Å². The number of hydrogen-bond acceptors (Lipinski definition) is 5. The summed E-state index contributed by atoms with van der Waals surface area (Å²) in [6, 6.07) is 9.76. The average molecular weight is 380 g/mol. The smallest absolute Gasteiger partial charge is 0.306 e. The molecule has 0 amide bonds. The van der Waals surface area contributed by atoms with Gasteiger partial charge in [0.2, 0.25) is 0 Å². The molecule has 0 saturated heterocycles. The molecule has 0 spiro atoms. The molecular weight excluding hydrogens is 348 g/mol. The van der Waals surface area contributed by atoms with Crippen molar-refractivity contribution >= 4 is 11.9 Å². The summed E-state index contributed by atoms with van der Waals surface area (Å²) in [6.07, 6.45) is 1.19. The Morgan fingerprint density at radius 1 is 1.11 bits per heavy atom. The van der Waals surface area contributed by atoms with Gasteiger partial charge in [0, 0.05) is 19.3 Å². The first kappa shape index (κ1) is 23.1. The second-order valence-corrected chi connectivity index (χ2v) is 6.98. The number of benzene rings is 1. The number of ether oxygens (including phenoxy) is 2. The van der Waals surface area contributed by atoms with Gasteiger partial charge in [0.05, 0.1) is 18.8 Å². The van der Waals surface area contributed by atoms with E-state index >= 15 is 0 Å². The van der Waals surface area contributed by atoms with E-state index in [1.807, 2.05) is 44.2 Å². The van der Waals surface area contributed by atoms with Crippen LogP contribution >= 0.6 is 0 Å². The Labute approximate surface area is 161 Å². The van der Waals surface area contributed by atoms with Crippen LogP contribution in [0, 0.1) is 0 Å². The van der Waals surface area contributed by atoms with E-state index < -0.39 is 23.8 Å². The van der Waals surface area contributed by atoms with E-state index in [0.717, 1.165) is 5.56 Å². The van der Waals surface area contributed by atoms with Gasteiger partial charge in [0.25, 0.3) is 0 Å². The zero-order chi connectivity index (χ0) is 20.3.